The van der Waals surface area contributed by atoms with E-state index in [0.29, 0.717) is 22.7 Å². The second-order valence-corrected chi connectivity index (χ2v) is 5.65. The lowest BCUT2D eigenvalue weighted by molar-refractivity contribution is -0.383. The fraction of sp³-hybridized carbons (Fsp3) is 0. The number of nitrogens with one attached hydrogen (secondary N) is 2. The topological polar surface area (TPSA) is 143 Å². The molecule has 3 aromatic rings. The number of benzene rings is 3. The molecule has 0 aliphatic heterocycles. The molecule has 0 saturated heterocycles. The lowest BCUT2D eigenvalue weighted by Crippen LogP contribution is -1.99. The number of aromatic hydroxyl groups is 1. The van der Waals surface area contributed by atoms with Crippen LogP contribution in [0.25, 0.3) is 0 Å². The van der Waals surface area contributed by atoms with Gasteiger partial charge in [-0.2, -0.15) is 0 Å². The number of hydrogen-bond donors (Lipinski definition) is 4. The van der Waals surface area contributed by atoms with E-state index >= 15 is 0 Å². The van der Waals surface area contributed by atoms with Gasteiger partial charge in [0.25, 0.3) is 5.69 Å². The summed E-state index contributed by atoms with van der Waals surface area (Å²) >= 11 is 0. The van der Waals surface area contributed by atoms with Gasteiger partial charge in [0.05, 0.1) is 10.6 Å². The van der Waals surface area contributed by atoms with Crippen molar-refractivity contribution in [3.8, 4) is 5.75 Å². The van der Waals surface area contributed by atoms with Crippen molar-refractivity contribution in [3.05, 3.63) is 75.7 Å². The van der Waals surface area contributed by atoms with Crippen LogP contribution in [0.4, 0.5) is 39.8 Å². The lowest BCUT2D eigenvalue weighted by atomic mass is 10.1. The average Bonchev–Trinajstić information content (AvgIpc) is 2.65. The Kier molecular flexibility index (Phi) is 4.84. The smallest absolute Gasteiger partial charge is 0.295 e. The zero-order valence-corrected chi connectivity index (χ0v) is 13.9. The SMILES string of the molecule is Nc1ccc(Nc2cc(Nc3ccc(O)cc3)c([N+](=O)[O-])cc2N=O)cc1. The minimum Gasteiger partial charge on any atom is -0.508 e. The van der Waals surface area contributed by atoms with Crippen LogP contribution in [0.2, 0.25) is 0 Å². The van der Waals surface area contributed by atoms with Gasteiger partial charge in [-0.05, 0) is 59.8 Å². The molecule has 136 valence electrons. The van der Waals surface area contributed by atoms with Gasteiger partial charge in [0.1, 0.15) is 17.1 Å². The van der Waals surface area contributed by atoms with Gasteiger partial charge in [0.15, 0.2) is 0 Å². The quantitative estimate of drug-likeness (QED) is 0.162. The summed E-state index contributed by atoms with van der Waals surface area (Å²) in [5.41, 5.74) is 7.44. The third-order valence-electron chi connectivity index (χ3n) is 3.75. The van der Waals surface area contributed by atoms with Crippen molar-refractivity contribution in [3.63, 3.8) is 0 Å². The molecule has 3 rings (SSSR count). The Hall–Kier alpha value is -4.14. The van der Waals surface area contributed by atoms with Gasteiger partial charge >= 0.3 is 0 Å². The molecule has 9 heteroatoms. The maximum atomic E-state index is 11.4. The van der Waals surface area contributed by atoms with Gasteiger partial charge in [-0.3, -0.25) is 10.1 Å². The maximum Gasteiger partial charge on any atom is 0.295 e. The fourth-order valence-corrected chi connectivity index (χ4v) is 2.43. The first-order valence-corrected chi connectivity index (χ1v) is 7.80. The van der Waals surface area contributed by atoms with Gasteiger partial charge in [-0.25, -0.2) is 0 Å². The second-order valence-electron chi connectivity index (χ2n) is 5.65. The summed E-state index contributed by atoms with van der Waals surface area (Å²) in [5, 5.41) is 29.5. The Morgan fingerprint density at radius 2 is 1.48 bits per heavy atom. The second kappa shape index (κ2) is 7.40. The number of nitroso groups, excluding NO2 is 1. The van der Waals surface area contributed by atoms with E-state index in [-0.39, 0.29) is 22.8 Å². The number of anilines is 5. The molecule has 0 heterocycles. The third-order valence-corrected chi connectivity index (χ3v) is 3.75. The predicted molar refractivity (Wildman–Crippen MR) is 104 cm³/mol. The number of nitro benzene ring substituents is 1. The first-order valence-electron chi connectivity index (χ1n) is 7.80. The van der Waals surface area contributed by atoms with Crippen molar-refractivity contribution in [2.45, 2.75) is 0 Å². The number of hydrogen-bond acceptors (Lipinski definition) is 8. The minimum absolute atomic E-state index is 0.0706. The number of nitro groups is 1. The maximum absolute atomic E-state index is 11.4. The molecule has 0 saturated carbocycles. The summed E-state index contributed by atoms with van der Waals surface area (Å²) in [6.45, 7) is 0. The number of phenols is 1. The summed E-state index contributed by atoms with van der Waals surface area (Å²) in [4.78, 5) is 22.0. The van der Waals surface area contributed by atoms with Crippen molar-refractivity contribution in [1.29, 1.82) is 0 Å². The highest BCUT2D eigenvalue weighted by Gasteiger charge is 2.19. The van der Waals surface area contributed by atoms with E-state index in [1.165, 1.54) is 18.2 Å². The van der Waals surface area contributed by atoms with Gasteiger partial charge < -0.3 is 21.5 Å². The lowest BCUT2D eigenvalue weighted by Gasteiger charge is -2.13. The average molecular weight is 365 g/mol. The van der Waals surface area contributed by atoms with Crippen LogP contribution in [0, 0.1) is 15.0 Å². The summed E-state index contributed by atoms with van der Waals surface area (Å²) in [5.74, 6) is 0.0706. The van der Waals surface area contributed by atoms with Crippen molar-refractivity contribution < 1.29 is 10.0 Å². The Morgan fingerprint density at radius 1 is 0.926 bits per heavy atom. The molecule has 3 aromatic carbocycles. The number of phenolic OH excluding ortho intramolecular Hbond substituents is 1. The van der Waals surface area contributed by atoms with Crippen molar-refractivity contribution in [1.82, 2.24) is 0 Å². The van der Waals surface area contributed by atoms with Crippen LogP contribution in [0.3, 0.4) is 0 Å². The molecule has 0 atom stereocenters. The predicted octanol–water partition coefficient (Wildman–Crippen LogP) is 4.77. The third kappa shape index (κ3) is 4.10. The summed E-state index contributed by atoms with van der Waals surface area (Å²) < 4.78 is 0. The van der Waals surface area contributed by atoms with E-state index in [1.54, 1.807) is 36.4 Å². The highest BCUT2D eigenvalue weighted by atomic mass is 16.6. The molecule has 0 unspecified atom stereocenters. The van der Waals surface area contributed by atoms with Crippen molar-refractivity contribution >= 4 is 39.8 Å². The van der Waals surface area contributed by atoms with Crippen LogP contribution in [-0.4, -0.2) is 10.0 Å². The van der Waals surface area contributed by atoms with E-state index in [9.17, 15) is 20.1 Å². The molecule has 0 bridgehead atoms. The van der Waals surface area contributed by atoms with Crippen LogP contribution in [0.5, 0.6) is 5.75 Å². The zero-order valence-electron chi connectivity index (χ0n) is 13.9. The van der Waals surface area contributed by atoms with Gasteiger partial charge in [0, 0.05) is 23.1 Å². The standard InChI is InChI=1S/C18H15N5O4/c19-11-1-3-12(4-2-11)20-15-9-17(18(23(26)27)10-16(15)22-25)21-13-5-7-14(24)8-6-13/h1-10,20-21,24H,19H2. The van der Waals surface area contributed by atoms with E-state index in [1.807, 2.05) is 0 Å². The minimum atomic E-state index is -0.607. The number of rotatable bonds is 6. The van der Waals surface area contributed by atoms with Crippen LogP contribution >= 0.6 is 0 Å². The highest BCUT2D eigenvalue weighted by molar-refractivity contribution is 5.83. The molecule has 0 fully saturated rings. The highest BCUT2D eigenvalue weighted by Crippen LogP contribution is 2.39. The first-order chi connectivity index (χ1) is 13.0. The Balaban J connectivity index is 2.01. The molecule has 9 nitrogen and oxygen atoms in total. The van der Waals surface area contributed by atoms with Crippen molar-refractivity contribution in [2.24, 2.45) is 5.18 Å². The summed E-state index contributed by atoms with van der Waals surface area (Å²) in [7, 11) is 0. The largest absolute Gasteiger partial charge is 0.508 e. The van der Waals surface area contributed by atoms with Crippen LogP contribution in [0.1, 0.15) is 0 Å². The van der Waals surface area contributed by atoms with E-state index in [0.717, 1.165) is 6.07 Å². The van der Waals surface area contributed by atoms with Crippen LogP contribution in [-0.2, 0) is 0 Å². The summed E-state index contributed by atoms with van der Waals surface area (Å²) in [6, 6.07) is 15.3. The summed E-state index contributed by atoms with van der Waals surface area (Å²) in [6.07, 6.45) is 0. The normalized spacial score (nSPS) is 10.2. The zero-order chi connectivity index (χ0) is 19.4. The number of nitrogen functional groups attached to an aromatic ring is 1. The number of nitrogens with zero attached hydrogens (tertiary/aromatic N) is 2. The van der Waals surface area contributed by atoms with Crippen molar-refractivity contribution in [2.75, 3.05) is 16.4 Å². The molecule has 0 aliphatic carbocycles. The molecular formula is C18H15N5O4. The molecule has 0 aliphatic rings. The van der Waals surface area contributed by atoms with E-state index in [2.05, 4.69) is 15.8 Å². The molecule has 0 spiro atoms. The van der Waals surface area contributed by atoms with Crippen LogP contribution in [0.15, 0.2) is 65.8 Å². The molecule has 0 radical (unpaired) electrons. The van der Waals surface area contributed by atoms with Crippen LogP contribution < -0.4 is 16.4 Å². The number of nitrogens with two attached hydrogens (primary N) is 1. The fourth-order valence-electron chi connectivity index (χ4n) is 2.43. The van der Waals surface area contributed by atoms with Gasteiger partial charge in [-0.1, -0.05) is 0 Å². The van der Waals surface area contributed by atoms with Gasteiger partial charge in [0.2, 0.25) is 0 Å². The first kappa shape index (κ1) is 17.7. The van der Waals surface area contributed by atoms with E-state index < -0.39 is 4.92 Å². The molecule has 5 N–H and O–H groups in total. The van der Waals surface area contributed by atoms with Gasteiger partial charge in [-0.15, -0.1) is 4.91 Å². The monoisotopic (exact) mass is 365 g/mol. The molecular weight excluding hydrogens is 350 g/mol. The van der Waals surface area contributed by atoms with E-state index in [4.69, 9.17) is 5.73 Å². The Labute approximate surface area is 153 Å². The molecule has 0 amide bonds. The Morgan fingerprint density at radius 3 is 2.04 bits per heavy atom. The molecule has 0 aromatic heterocycles. The molecule has 27 heavy (non-hydrogen) atoms. The Bertz CT molecular complexity index is 988.